The number of amides is 2. The zero-order chi connectivity index (χ0) is 26.9. The molecule has 0 saturated heterocycles. The number of benzene rings is 3. The number of aliphatic hydroxyl groups excluding tert-OH is 1. The van der Waals surface area contributed by atoms with Crippen molar-refractivity contribution in [2.45, 2.75) is 13.0 Å². The zero-order valence-electron chi connectivity index (χ0n) is 20.6. The summed E-state index contributed by atoms with van der Waals surface area (Å²) in [7, 11) is 0. The summed E-state index contributed by atoms with van der Waals surface area (Å²) >= 11 is 0. The molecule has 4 aromatic rings. The maximum Gasteiger partial charge on any atom is 0.323 e. The molecule has 1 aromatic heterocycles. The van der Waals surface area contributed by atoms with E-state index in [-0.39, 0.29) is 18.0 Å². The number of nitrogens with one attached hydrogen (secondary N) is 3. The van der Waals surface area contributed by atoms with Crippen molar-refractivity contribution in [3.63, 3.8) is 0 Å². The number of fused-ring (bicyclic) bond motifs is 1. The Morgan fingerprint density at radius 1 is 1.05 bits per heavy atom. The number of anilines is 2. The number of aromatic nitrogens is 1. The average molecular weight is 516 g/mol. The normalized spacial score (nSPS) is 11.4. The molecule has 0 spiro atoms. The standard InChI is InChI=1S/C28H26FN5O4/c1-2-31-16-22(35)17-37-27-14-25-24(13-18(27)15-30)26(11-12-32-25)38-23-9-7-21(8-10-23)34-28(36)33-20-5-3-19(29)4-6-20/h3-14,22,31,35H,2,16-17H2,1H3,(H2,33,34,36)/t22-/m1/s1. The highest BCUT2D eigenvalue weighted by molar-refractivity contribution is 5.99. The summed E-state index contributed by atoms with van der Waals surface area (Å²) < 4.78 is 24.8. The predicted octanol–water partition coefficient (Wildman–Crippen LogP) is 5.03. The Kier molecular flexibility index (Phi) is 8.66. The number of hydrogen-bond acceptors (Lipinski definition) is 7. The van der Waals surface area contributed by atoms with Gasteiger partial charge in [0.1, 0.15) is 41.8 Å². The second-order valence-electron chi connectivity index (χ2n) is 8.27. The fourth-order valence-electron chi connectivity index (χ4n) is 3.56. The van der Waals surface area contributed by atoms with E-state index in [1.807, 2.05) is 6.92 Å². The van der Waals surface area contributed by atoms with Crippen LogP contribution >= 0.6 is 0 Å². The quantitative estimate of drug-likeness (QED) is 0.233. The third kappa shape index (κ3) is 6.94. The fraction of sp³-hybridized carbons (Fsp3) is 0.179. The summed E-state index contributed by atoms with van der Waals surface area (Å²) in [6.07, 6.45) is 0.870. The number of nitriles is 1. The highest BCUT2D eigenvalue weighted by Gasteiger charge is 2.13. The summed E-state index contributed by atoms with van der Waals surface area (Å²) in [4.78, 5) is 16.6. The van der Waals surface area contributed by atoms with Crippen LogP contribution in [0.5, 0.6) is 17.2 Å². The van der Waals surface area contributed by atoms with Gasteiger partial charge in [0.15, 0.2) is 0 Å². The Bertz CT molecular complexity index is 1440. The molecule has 3 aromatic carbocycles. The molecule has 4 rings (SSSR count). The topological polar surface area (TPSA) is 129 Å². The number of rotatable bonds is 10. The summed E-state index contributed by atoms with van der Waals surface area (Å²) in [5.41, 5.74) is 1.84. The molecule has 0 saturated carbocycles. The Labute approximate surface area is 218 Å². The Balaban J connectivity index is 1.44. The third-order valence-electron chi connectivity index (χ3n) is 5.43. The van der Waals surface area contributed by atoms with Gasteiger partial charge >= 0.3 is 6.03 Å². The number of halogens is 1. The summed E-state index contributed by atoms with van der Waals surface area (Å²) in [5, 5.41) is 28.6. The van der Waals surface area contributed by atoms with Crippen molar-refractivity contribution in [1.29, 1.82) is 5.26 Å². The molecule has 0 aliphatic heterocycles. The molecule has 0 unspecified atom stereocenters. The molecular formula is C28H26FN5O4. The van der Waals surface area contributed by atoms with Gasteiger partial charge in [-0.3, -0.25) is 4.98 Å². The lowest BCUT2D eigenvalue weighted by molar-refractivity contribution is 0.107. The van der Waals surface area contributed by atoms with Crippen LogP contribution in [0.2, 0.25) is 0 Å². The molecule has 4 N–H and O–H groups in total. The van der Waals surface area contributed by atoms with Crippen molar-refractivity contribution in [3.8, 4) is 23.3 Å². The number of pyridine rings is 1. The lowest BCUT2D eigenvalue weighted by atomic mass is 10.1. The summed E-state index contributed by atoms with van der Waals surface area (Å²) in [6, 6.07) is 18.8. The van der Waals surface area contributed by atoms with E-state index in [9.17, 15) is 19.6 Å². The van der Waals surface area contributed by atoms with Gasteiger partial charge in [0, 0.05) is 35.6 Å². The first-order chi connectivity index (χ1) is 18.4. The van der Waals surface area contributed by atoms with Gasteiger partial charge in [-0.2, -0.15) is 5.26 Å². The maximum atomic E-state index is 13.0. The maximum absolute atomic E-state index is 13.0. The molecule has 0 aliphatic rings. The number of likely N-dealkylation sites (N-methyl/N-ethyl adjacent to an activating group) is 1. The SMILES string of the molecule is CCNC[C@@H](O)COc1cc2nccc(Oc3ccc(NC(=O)Nc4ccc(F)cc4)cc3)c2cc1C#N. The van der Waals surface area contributed by atoms with Crippen LogP contribution in [0.4, 0.5) is 20.6 Å². The second kappa shape index (κ2) is 12.5. The van der Waals surface area contributed by atoms with E-state index in [1.54, 1.807) is 48.7 Å². The average Bonchev–Trinajstić information content (AvgIpc) is 2.92. The number of carbonyl (C=O) groups excluding carboxylic acids is 1. The largest absolute Gasteiger partial charge is 0.489 e. The molecule has 194 valence electrons. The van der Waals surface area contributed by atoms with Gasteiger partial charge < -0.3 is 30.5 Å². The van der Waals surface area contributed by atoms with Crippen LogP contribution in [0.25, 0.3) is 10.9 Å². The van der Waals surface area contributed by atoms with Gasteiger partial charge in [-0.05, 0) is 67.2 Å². The van der Waals surface area contributed by atoms with Crippen LogP contribution in [0.15, 0.2) is 72.9 Å². The third-order valence-corrected chi connectivity index (χ3v) is 5.43. The van der Waals surface area contributed by atoms with Gasteiger partial charge in [0.2, 0.25) is 0 Å². The lowest BCUT2D eigenvalue weighted by Crippen LogP contribution is -2.31. The first-order valence-corrected chi connectivity index (χ1v) is 11.9. The molecule has 38 heavy (non-hydrogen) atoms. The van der Waals surface area contributed by atoms with Crippen LogP contribution in [-0.2, 0) is 0 Å². The smallest absolute Gasteiger partial charge is 0.323 e. The van der Waals surface area contributed by atoms with Gasteiger partial charge in [-0.1, -0.05) is 6.92 Å². The number of hydrogen-bond donors (Lipinski definition) is 4. The molecule has 0 fully saturated rings. The van der Waals surface area contributed by atoms with E-state index < -0.39 is 12.1 Å². The first-order valence-electron chi connectivity index (χ1n) is 11.9. The second-order valence-corrected chi connectivity index (χ2v) is 8.27. The van der Waals surface area contributed by atoms with Gasteiger partial charge in [-0.25, -0.2) is 9.18 Å². The Hall–Kier alpha value is -4.72. The van der Waals surface area contributed by atoms with E-state index >= 15 is 0 Å². The number of aliphatic hydroxyl groups is 1. The molecule has 1 heterocycles. The first kappa shape index (κ1) is 26.3. The lowest BCUT2D eigenvalue weighted by Gasteiger charge is -2.15. The van der Waals surface area contributed by atoms with Crippen molar-refractivity contribution in [3.05, 3.63) is 84.3 Å². The minimum absolute atomic E-state index is 0.0334. The molecule has 0 aliphatic carbocycles. The molecule has 0 bridgehead atoms. The van der Waals surface area contributed by atoms with Gasteiger partial charge in [0.25, 0.3) is 0 Å². The van der Waals surface area contributed by atoms with Gasteiger partial charge in [0.05, 0.1) is 11.1 Å². The highest BCUT2D eigenvalue weighted by Crippen LogP contribution is 2.33. The van der Waals surface area contributed by atoms with E-state index in [2.05, 4.69) is 27.0 Å². The van der Waals surface area contributed by atoms with E-state index in [1.165, 1.54) is 24.3 Å². The summed E-state index contributed by atoms with van der Waals surface area (Å²) in [6.45, 7) is 3.09. The number of carbonyl (C=O) groups is 1. The molecule has 2 amide bonds. The Morgan fingerprint density at radius 2 is 1.74 bits per heavy atom. The van der Waals surface area contributed by atoms with Crippen molar-refractivity contribution in [2.24, 2.45) is 0 Å². The van der Waals surface area contributed by atoms with Crippen molar-refractivity contribution in [1.82, 2.24) is 10.3 Å². The highest BCUT2D eigenvalue weighted by atomic mass is 19.1. The van der Waals surface area contributed by atoms with Crippen LogP contribution in [0.3, 0.4) is 0 Å². The molecule has 1 atom stereocenters. The van der Waals surface area contributed by atoms with Crippen LogP contribution in [-0.4, -0.2) is 41.9 Å². The minimum Gasteiger partial charge on any atom is -0.489 e. The van der Waals surface area contributed by atoms with Crippen LogP contribution in [0, 0.1) is 17.1 Å². The molecular weight excluding hydrogens is 489 g/mol. The van der Waals surface area contributed by atoms with Crippen LogP contribution in [0.1, 0.15) is 12.5 Å². The van der Waals surface area contributed by atoms with E-state index in [0.717, 1.165) is 6.54 Å². The predicted molar refractivity (Wildman–Crippen MR) is 142 cm³/mol. The zero-order valence-corrected chi connectivity index (χ0v) is 20.6. The van der Waals surface area contributed by atoms with E-state index in [4.69, 9.17) is 9.47 Å². The molecule has 0 radical (unpaired) electrons. The summed E-state index contributed by atoms with van der Waals surface area (Å²) in [5.74, 6) is 0.934. The van der Waals surface area contributed by atoms with Crippen molar-refractivity contribution >= 4 is 28.3 Å². The molecule has 10 heteroatoms. The number of ether oxygens (including phenoxy) is 2. The van der Waals surface area contributed by atoms with E-state index in [0.29, 0.717) is 46.1 Å². The number of nitrogens with zero attached hydrogens (tertiary/aromatic N) is 2. The van der Waals surface area contributed by atoms with Gasteiger partial charge in [-0.15, -0.1) is 0 Å². The van der Waals surface area contributed by atoms with Crippen molar-refractivity contribution in [2.75, 3.05) is 30.3 Å². The number of urea groups is 1. The Morgan fingerprint density at radius 3 is 2.39 bits per heavy atom. The van der Waals surface area contributed by atoms with Crippen LogP contribution < -0.4 is 25.4 Å². The van der Waals surface area contributed by atoms with Crippen molar-refractivity contribution < 1.29 is 23.8 Å². The fourth-order valence-corrected chi connectivity index (χ4v) is 3.56. The monoisotopic (exact) mass is 515 g/mol. The molecule has 9 nitrogen and oxygen atoms in total. The minimum atomic E-state index is -0.716.